The van der Waals surface area contributed by atoms with Crippen LogP contribution in [0.15, 0.2) is 35.2 Å². The average Bonchev–Trinajstić information content (AvgIpc) is 2.71. The lowest BCUT2D eigenvalue weighted by molar-refractivity contribution is 0.1000. The minimum Gasteiger partial charge on any atom is -0.366 e. The highest BCUT2D eigenvalue weighted by Gasteiger charge is 2.04. The van der Waals surface area contributed by atoms with Crippen LogP contribution in [-0.4, -0.2) is 10.9 Å². The number of thiophene rings is 1. The molecule has 0 atom stereocenters. The minimum atomic E-state index is -0.427. The number of amides is 1. The van der Waals surface area contributed by atoms with E-state index in [9.17, 15) is 4.79 Å². The Hall–Kier alpha value is -1.68. The van der Waals surface area contributed by atoms with E-state index in [0.29, 0.717) is 5.56 Å². The van der Waals surface area contributed by atoms with Gasteiger partial charge in [0.25, 0.3) is 0 Å². The van der Waals surface area contributed by atoms with Crippen LogP contribution in [0.25, 0.3) is 11.3 Å². The van der Waals surface area contributed by atoms with Crippen LogP contribution in [0.5, 0.6) is 0 Å². The van der Waals surface area contributed by atoms with Gasteiger partial charge in [-0.1, -0.05) is 0 Å². The standard InChI is InChI=1S/C10H8N2OS/c11-10(13)7-1-3-12-9(5-7)8-2-4-14-6-8/h1-6H,(H2,11,13). The Morgan fingerprint density at radius 1 is 1.43 bits per heavy atom. The molecule has 4 heteroatoms. The van der Waals surface area contributed by atoms with Crippen molar-refractivity contribution in [3.63, 3.8) is 0 Å². The summed E-state index contributed by atoms with van der Waals surface area (Å²) in [5, 5.41) is 3.95. The smallest absolute Gasteiger partial charge is 0.248 e. The van der Waals surface area contributed by atoms with Crippen molar-refractivity contribution < 1.29 is 4.79 Å². The summed E-state index contributed by atoms with van der Waals surface area (Å²) in [7, 11) is 0. The Bertz CT molecular complexity index is 451. The molecule has 3 nitrogen and oxygen atoms in total. The number of rotatable bonds is 2. The maximum Gasteiger partial charge on any atom is 0.248 e. The number of carbonyl (C=O) groups is 1. The molecule has 2 aromatic heterocycles. The Balaban J connectivity index is 2.46. The number of primary amides is 1. The van der Waals surface area contributed by atoms with Crippen molar-refractivity contribution in [2.24, 2.45) is 5.73 Å². The zero-order valence-corrected chi connectivity index (χ0v) is 8.12. The monoisotopic (exact) mass is 204 g/mol. The van der Waals surface area contributed by atoms with Gasteiger partial charge in [0.1, 0.15) is 0 Å². The summed E-state index contributed by atoms with van der Waals surface area (Å²) in [6, 6.07) is 5.26. The van der Waals surface area contributed by atoms with Crippen LogP contribution in [0, 0.1) is 0 Å². The molecule has 0 aliphatic heterocycles. The van der Waals surface area contributed by atoms with Crippen LogP contribution >= 0.6 is 11.3 Å². The average molecular weight is 204 g/mol. The van der Waals surface area contributed by atoms with E-state index in [1.54, 1.807) is 29.7 Å². The third-order valence-electron chi connectivity index (χ3n) is 1.86. The Morgan fingerprint density at radius 2 is 2.29 bits per heavy atom. The minimum absolute atomic E-state index is 0.427. The number of carbonyl (C=O) groups excluding carboxylic acids is 1. The van der Waals surface area contributed by atoms with Crippen molar-refractivity contribution in [3.05, 3.63) is 40.7 Å². The predicted molar refractivity (Wildman–Crippen MR) is 56.1 cm³/mol. The molecule has 2 aromatic rings. The first kappa shape index (κ1) is 8.90. The van der Waals surface area contributed by atoms with Crippen molar-refractivity contribution in [2.45, 2.75) is 0 Å². The second kappa shape index (κ2) is 3.59. The summed E-state index contributed by atoms with van der Waals surface area (Å²) in [5.41, 5.74) is 7.45. The molecule has 0 saturated heterocycles. The lowest BCUT2D eigenvalue weighted by atomic mass is 10.1. The molecule has 0 saturated carbocycles. The number of nitrogens with two attached hydrogens (primary N) is 1. The molecule has 0 aliphatic rings. The summed E-state index contributed by atoms with van der Waals surface area (Å²) in [6.07, 6.45) is 1.59. The fraction of sp³-hybridized carbons (Fsp3) is 0. The molecule has 0 aliphatic carbocycles. The molecule has 2 rings (SSSR count). The molecule has 0 radical (unpaired) electrons. The first-order chi connectivity index (χ1) is 6.77. The number of nitrogens with zero attached hydrogens (tertiary/aromatic N) is 1. The van der Waals surface area contributed by atoms with E-state index in [1.807, 2.05) is 16.8 Å². The Kier molecular flexibility index (Phi) is 2.28. The largest absolute Gasteiger partial charge is 0.366 e. The van der Waals surface area contributed by atoms with Crippen LogP contribution in [0.3, 0.4) is 0 Å². The molecular weight excluding hydrogens is 196 g/mol. The fourth-order valence-corrected chi connectivity index (χ4v) is 1.80. The van der Waals surface area contributed by atoms with Crippen LogP contribution < -0.4 is 5.73 Å². The summed E-state index contributed by atoms with van der Waals surface area (Å²) in [5.74, 6) is -0.427. The van der Waals surface area contributed by atoms with Gasteiger partial charge in [-0.2, -0.15) is 11.3 Å². The van der Waals surface area contributed by atoms with E-state index in [-0.39, 0.29) is 0 Å². The number of aromatic nitrogens is 1. The SMILES string of the molecule is NC(=O)c1ccnc(-c2ccsc2)c1. The number of pyridine rings is 1. The van der Waals surface area contributed by atoms with Gasteiger partial charge in [0.15, 0.2) is 0 Å². The Morgan fingerprint density at radius 3 is 2.93 bits per heavy atom. The molecule has 0 aromatic carbocycles. The molecule has 2 heterocycles. The molecule has 0 spiro atoms. The molecule has 14 heavy (non-hydrogen) atoms. The normalized spacial score (nSPS) is 10.0. The third-order valence-corrected chi connectivity index (χ3v) is 2.54. The van der Waals surface area contributed by atoms with Gasteiger partial charge in [-0.15, -0.1) is 0 Å². The lowest BCUT2D eigenvalue weighted by Gasteiger charge is -1.98. The molecule has 0 bridgehead atoms. The van der Waals surface area contributed by atoms with Crippen molar-refractivity contribution in [1.82, 2.24) is 4.98 Å². The summed E-state index contributed by atoms with van der Waals surface area (Å²) < 4.78 is 0. The first-order valence-electron chi connectivity index (χ1n) is 4.06. The number of hydrogen-bond donors (Lipinski definition) is 1. The van der Waals surface area contributed by atoms with Crippen LogP contribution in [0.4, 0.5) is 0 Å². The molecular formula is C10H8N2OS. The fourth-order valence-electron chi connectivity index (χ4n) is 1.15. The van der Waals surface area contributed by atoms with Crippen LogP contribution in [-0.2, 0) is 0 Å². The molecule has 70 valence electrons. The highest BCUT2D eigenvalue weighted by molar-refractivity contribution is 7.08. The number of hydrogen-bond acceptors (Lipinski definition) is 3. The summed E-state index contributed by atoms with van der Waals surface area (Å²) in [6.45, 7) is 0. The van der Waals surface area contributed by atoms with Gasteiger partial charge in [0.05, 0.1) is 5.69 Å². The van der Waals surface area contributed by atoms with Gasteiger partial charge in [-0.3, -0.25) is 9.78 Å². The topological polar surface area (TPSA) is 56.0 Å². The van der Waals surface area contributed by atoms with Gasteiger partial charge in [-0.25, -0.2) is 0 Å². The molecule has 0 unspecified atom stereocenters. The van der Waals surface area contributed by atoms with E-state index < -0.39 is 5.91 Å². The highest BCUT2D eigenvalue weighted by Crippen LogP contribution is 2.20. The Labute approximate surface area is 85.2 Å². The zero-order valence-electron chi connectivity index (χ0n) is 7.31. The molecule has 2 N–H and O–H groups in total. The first-order valence-corrected chi connectivity index (χ1v) is 5.00. The highest BCUT2D eigenvalue weighted by atomic mass is 32.1. The van der Waals surface area contributed by atoms with Crippen molar-refractivity contribution >= 4 is 17.2 Å². The van der Waals surface area contributed by atoms with Crippen LogP contribution in [0.2, 0.25) is 0 Å². The second-order valence-corrected chi connectivity index (χ2v) is 3.59. The van der Waals surface area contributed by atoms with E-state index in [2.05, 4.69) is 4.98 Å². The second-order valence-electron chi connectivity index (χ2n) is 2.81. The maximum absolute atomic E-state index is 10.9. The van der Waals surface area contributed by atoms with E-state index >= 15 is 0 Å². The van der Waals surface area contributed by atoms with Gasteiger partial charge >= 0.3 is 0 Å². The summed E-state index contributed by atoms with van der Waals surface area (Å²) >= 11 is 1.59. The quantitative estimate of drug-likeness (QED) is 0.812. The zero-order chi connectivity index (χ0) is 9.97. The summed E-state index contributed by atoms with van der Waals surface area (Å²) in [4.78, 5) is 15.1. The van der Waals surface area contributed by atoms with Crippen molar-refractivity contribution in [3.8, 4) is 11.3 Å². The van der Waals surface area contributed by atoms with Gasteiger partial charge in [-0.05, 0) is 23.6 Å². The third kappa shape index (κ3) is 1.65. The van der Waals surface area contributed by atoms with E-state index in [1.165, 1.54) is 0 Å². The van der Waals surface area contributed by atoms with Crippen molar-refractivity contribution in [1.29, 1.82) is 0 Å². The van der Waals surface area contributed by atoms with Gasteiger partial charge in [0.2, 0.25) is 5.91 Å². The van der Waals surface area contributed by atoms with E-state index in [0.717, 1.165) is 11.3 Å². The van der Waals surface area contributed by atoms with Crippen LogP contribution in [0.1, 0.15) is 10.4 Å². The maximum atomic E-state index is 10.9. The lowest BCUT2D eigenvalue weighted by Crippen LogP contribution is -2.10. The molecule has 1 amide bonds. The van der Waals surface area contributed by atoms with Crippen molar-refractivity contribution in [2.75, 3.05) is 0 Å². The molecule has 0 fully saturated rings. The van der Waals surface area contributed by atoms with Gasteiger partial charge in [0, 0.05) is 22.7 Å². The van der Waals surface area contributed by atoms with E-state index in [4.69, 9.17) is 5.73 Å². The predicted octanol–water partition coefficient (Wildman–Crippen LogP) is 1.91. The van der Waals surface area contributed by atoms with Gasteiger partial charge < -0.3 is 5.73 Å².